The zero-order chi connectivity index (χ0) is 17.8. The monoisotopic (exact) mass is 348 g/mol. The minimum Gasteiger partial charge on any atom is -0.324 e. The van der Waals surface area contributed by atoms with Gasteiger partial charge in [-0.25, -0.2) is 0 Å². The van der Waals surface area contributed by atoms with Crippen LogP contribution in [0.5, 0.6) is 0 Å². The van der Waals surface area contributed by atoms with Gasteiger partial charge in [0.05, 0.1) is 10.7 Å². The van der Waals surface area contributed by atoms with Crippen molar-refractivity contribution in [1.82, 2.24) is 5.32 Å². The second-order valence-corrected chi connectivity index (χ2v) is 8.34. The van der Waals surface area contributed by atoms with Crippen LogP contribution >= 0.6 is 11.6 Å². The number of nitrogens with one attached hydrogen (secondary N) is 2. The van der Waals surface area contributed by atoms with E-state index in [1.165, 1.54) is 0 Å². The van der Waals surface area contributed by atoms with Gasteiger partial charge in [0.15, 0.2) is 0 Å². The van der Waals surface area contributed by atoms with Gasteiger partial charge in [-0.1, -0.05) is 44.5 Å². The smallest absolute Gasteiger partial charge is 0.232 e. The van der Waals surface area contributed by atoms with Gasteiger partial charge >= 0.3 is 0 Å². The van der Waals surface area contributed by atoms with Crippen LogP contribution < -0.4 is 10.6 Å². The van der Waals surface area contributed by atoms with E-state index in [1.54, 1.807) is 24.3 Å². The fourth-order valence-electron chi connectivity index (χ4n) is 4.49. The highest BCUT2D eigenvalue weighted by atomic mass is 35.5. The second kappa shape index (κ2) is 5.31. The molecule has 1 aliphatic carbocycles. The highest BCUT2D eigenvalue weighted by Gasteiger charge is 2.60. The predicted molar refractivity (Wildman–Crippen MR) is 91.4 cm³/mol. The molecule has 3 rings (SSSR count). The van der Waals surface area contributed by atoms with E-state index in [1.807, 2.05) is 20.8 Å². The lowest BCUT2D eigenvalue weighted by atomic mass is 9.52. The van der Waals surface area contributed by atoms with Crippen molar-refractivity contribution in [3.63, 3.8) is 0 Å². The molecule has 3 amide bonds. The number of carbonyl (C=O) groups is 3. The average Bonchev–Trinajstić information content (AvgIpc) is 2.47. The molecule has 6 heteroatoms. The van der Waals surface area contributed by atoms with Crippen LogP contribution in [0.3, 0.4) is 0 Å². The molecule has 2 N–H and O–H groups in total. The summed E-state index contributed by atoms with van der Waals surface area (Å²) in [4.78, 5) is 37.6. The predicted octanol–water partition coefficient (Wildman–Crippen LogP) is 3.14. The quantitative estimate of drug-likeness (QED) is 0.806. The summed E-state index contributed by atoms with van der Waals surface area (Å²) in [6.45, 7) is 5.47. The summed E-state index contributed by atoms with van der Waals surface area (Å²) < 4.78 is 0. The third-order valence-electron chi connectivity index (χ3n) is 5.33. The molecule has 128 valence electrons. The van der Waals surface area contributed by atoms with Gasteiger partial charge in [-0.15, -0.1) is 0 Å². The summed E-state index contributed by atoms with van der Waals surface area (Å²) in [5.41, 5.74) is -1.75. The number of halogens is 1. The van der Waals surface area contributed by atoms with Crippen LogP contribution in [0.4, 0.5) is 5.69 Å². The molecule has 1 saturated carbocycles. The van der Waals surface area contributed by atoms with E-state index in [0.29, 0.717) is 30.0 Å². The third-order valence-corrected chi connectivity index (χ3v) is 5.66. The van der Waals surface area contributed by atoms with Crippen LogP contribution in [0.1, 0.15) is 40.0 Å². The van der Waals surface area contributed by atoms with Crippen molar-refractivity contribution in [2.24, 2.45) is 16.2 Å². The molecule has 1 aromatic rings. The number of hydrogen-bond donors (Lipinski definition) is 2. The van der Waals surface area contributed by atoms with Gasteiger partial charge in [0.25, 0.3) is 0 Å². The molecule has 5 nitrogen and oxygen atoms in total. The summed E-state index contributed by atoms with van der Waals surface area (Å²) in [5.74, 6) is -0.793. The molecule has 2 aliphatic rings. The lowest BCUT2D eigenvalue weighted by molar-refractivity contribution is -0.163. The Morgan fingerprint density at radius 2 is 1.58 bits per heavy atom. The van der Waals surface area contributed by atoms with Crippen LogP contribution in [0.25, 0.3) is 0 Å². The molecule has 24 heavy (non-hydrogen) atoms. The minimum absolute atomic E-state index is 0.213. The molecule has 1 heterocycles. The Morgan fingerprint density at radius 1 is 1.04 bits per heavy atom. The van der Waals surface area contributed by atoms with Gasteiger partial charge in [-0.3, -0.25) is 19.7 Å². The number of piperidine rings is 1. The molecule has 0 spiro atoms. The van der Waals surface area contributed by atoms with Crippen molar-refractivity contribution in [3.8, 4) is 0 Å². The summed E-state index contributed by atoms with van der Waals surface area (Å²) in [6.07, 6.45) is 1.26. The lowest BCUT2D eigenvalue weighted by Crippen LogP contribution is -2.63. The van der Waals surface area contributed by atoms with Crippen molar-refractivity contribution in [1.29, 1.82) is 0 Å². The van der Waals surface area contributed by atoms with Crippen LogP contribution in [0, 0.1) is 16.2 Å². The van der Waals surface area contributed by atoms with Crippen LogP contribution in [0.15, 0.2) is 24.3 Å². The SMILES string of the molecule is CC12CC(C)(CC(C)(C(=O)Nc3ccccc3Cl)C1)C(=O)NC2=O. The molecule has 2 fully saturated rings. The molecule has 1 aromatic carbocycles. The van der Waals surface area contributed by atoms with E-state index < -0.39 is 16.2 Å². The number of carbonyl (C=O) groups excluding carboxylic acids is 3. The lowest BCUT2D eigenvalue weighted by Gasteiger charge is -2.53. The Kier molecular flexibility index (Phi) is 3.75. The number of amides is 3. The first-order chi connectivity index (χ1) is 11.1. The molecule has 0 aromatic heterocycles. The molecule has 1 saturated heterocycles. The third kappa shape index (κ3) is 2.61. The van der Waals surface area contributed by atoms with Gasteiger partial charge in [0.1, 0.15) is 0 Å². The first kappa shape index (κ1) is 17.0. The van der Waals surface area contributed by atoms with Gasteiger partial charge in [-0.2, -0.15) is 0 Å². The number of rotatable bonds is 2. The van der Waals surface area contributed by atoms with E-state index in [-0.39, 0.29) is 17.7 Å². The number of benzene rings is 1. The maximum atomic E-state index is 13.0. The highest BCUT2D eigenvalue weighted by molar-refractivity contribution is 6.33. The standard InChI is InChI=1S/C18H21ClN2O3/c1-16(13(22)20-12-7-5-4-6-11(12)19)8-17(2)10-18(3,9-16)15(24)21-14(17)23/h4-7H,8-10H2,1-3H3,(H,20,22)(H,21,23,24). The van der Waals surface area contributed by atoms with Crippen LogP contribution in [-0.2, 0) is 14.4 Å². The summed E-state index contributed by atoms with van der Waals surface area (Å²) in [6, 6.07) is 7.01. The summed E-state index contributed by atoms with van der Waals surface area (Å²) in [7, 11) is 0. The van der Waals surface area contributed by atoms with E-state index >= 15 is 0 Å². The molecule has 1 aliphatic heterocycles. The zero-order valence-electron chi connectivity index (χ0n) is 14.0. The number of anilines is 1. The Balaban J connectivity index is 1.92. The van der Waals surface area contributed by atoms with Gasteiger partial charge in [0.2, 0.25) is 17.7 Å². The number of para-hydroxylation sites is 1. The fourth-order valence-corrected chi connectivity index (χ4v) is 4.68. The largest absolute Gasteiger partial charge is 0.324 e. The van der Waals surface area contributed by atoms with Crippen LogP contribution in [0.2, 0.25) is 5.02 Å². The Morgan fingerprint density at radius 3 is 2.12 bits per heavy atom. The molecule has 2 bridgehead atoms. The first-order valence-corrected chi connectivity index (χ1v) is 8.38. The van der Waals surface area contributed by atoms with Crippen LogP contribution in [-0.4, -0.2) is 17.7 Å². The highest BCUT2D eigenvalue weighted by Crippen LogP contribution is 2.56. The zero-order valence-corrected chi connectivity index (χ0v) is 14.8. The number of hydrogen-bond acceptors (Lipinski definition) is 3. The molecular weight excluding hydrogens is 328 g/mol. The molecular formula is C18H21ClN2O3. The van der Waals surface area contributed by atoms with Crippen molar-refractivity contribution in [2.75, 3.05) is 5.32 Å². The van der Waals surface area contributed by atoms with Crippen molar-refractivity contribution >= 4 is 35.0 Å². The Bertz CT molecular complexity index is 720. The van der Waals surface area contributed by atoms with E-state index in [0.717, 1.165) is 0 Å². The van der Waals surface area contributed by atoms with Gasteiger partial charge in [-0.05, 0) is 31.4 Å². The van der Waals surface area contributed by atoms with Crippen molar-refractivity contribution in [2.45, 2.75) is 40.0 Å². The average molecular weight is 349 g/mol. The maximum absolute atomic E-state index is 13.0. The fraction of sp³-hybridized carbons (Fsp3) is 0.500. The first-order valence-electron chi connectivity index (χ1n) is 8.00. The normalized spacial score (nSPS) is 35.3. The topological polar surface area (TPSA) is 75.3 Å². The van der Waals surface area contributed by atoms with E-state index in [4.69, 9.17) is 11.6 Å². The van der Waals surface area contributed by atoms with Gasteiger partial charge in [0, 0.05) is 16.2 Å². The molecule has 0 radical (unpaired) electrons. The maximum Gasteiger partial charge on any atom is 0.232 e. The Hall–Kier alpha value is -1.88. The molecule has 2 unspecified atom stereocenters. The summed E-state index contributed by atoms with van der Waals surface area (Å²) >= 11 is 6.12. The minimum atomic E-state index is -0.825. The van der Waals surface area contributed by atoms with Crippen molar-refractivity contribution < 1.29 is 14.4 Å². The Labute approximate surface area is 146 Å². The van der Waals surface area contributed by atoms with Crippen molar-refractivity contribution in [3.05, 3.63) is 29.3 Å². The second-order valence-electron chi connectivity index (χ2n) is 7.93. The van der Waals surface area contributed by atoms with E-state index in [9.17, 15) is 14.4 Å². The number of imide groups is 1. The number of fused-ring (bicyclic) bond motifs is 2. The van der Waals surface area contributed by atoms with E-state index in [2.05, 4.69) is 10.6 Å². The van der Waals surface area contributed by atoms with Gasteiger partial charge < -0.3 is 5.32 Å². The molecule has 2 atom stereocenters. The summed E-state index contributed by atoms with van der Waals surface area (Å²) in [5, 5.41) is 5.78.